The van der Waals surface area contributed by atoms with Gasteiger partial charge in [0.1, 0.15) is 5.60 Å². The van der Waals surface area contributed by atoms with E-state index in [1.165, 1.54) is 25.1 Å². The third-order valence-corrected chi connectivity index (χ3v) is 5.88. The van der Waals surface area contributed by atoms with Gasteiger partial charge in [0.15, 0.2) is 0 Å². The van der Waals surface area contributed by atoms with Crippen molar-refractivity contribution >= 4 is 39.3 Å². The number of benzene rings is 1. The van der Waals surface area contributed by atoms with E-state index in [0.29, 0.717) is 18.5 Å². The Bertz CT molecular complexity index is 1010. The van der Waals surface area contributed by atoms with E-state index in [0.717, 1.165) is 31.9 Å². The van der Waals surface area contributed by atoms with E-state index in [4.69, 9.17) is 4.74 Å². The maximum Gasteiger partial charge on any atom is 0.408 e. The SMILES string of the molecule is CC(=O)Nc1ccc(NS(C)(=O)=O)c(C(=O)NCC2(NC(=O)OC(C)(C)C)CCCCCC2)c1. The molecule has 1 fully saturated rings. The van der Waals surface area contributed by atoms with Gasteiger partial charge in [0.2, 0.25) is 15.9 Å². The van der Waals surface area contributed by atoms with E-state index >= 15 is 0 Å². The molecule has 4 N–H and O–H groups in total. The molecule has 34 heavy (non-hydrogen) atoms. The number of carbonyl (C=O) groups excluding carboxylic acids is 3. The summed E-state index contributed by atoms with van der Waals surface area (Å²) in [5.74, 6) is -0.859. The summed E-state index contributed by atoms with van der Waals surface area (Å²) < 4.78 is 31.4. The first kappa shape index (κ1) is 27.4. The largest absolute Gasteiger partial charge is 0.444 e. The highest BCUT2D eigenvalue weighted by Gasteiger charge is 2.35. The van der Waals surface area contributed by atoms with Crippen LogP contribution < -0.4 is 20.7 Å². The van der Waals surface area contributed by atoms with Gasteiger partial charge in [-0.1, -0.05) is 25.7 Å². The van der Waals surface area contributed by atoms with Crippen molar-refractivity contribution < 1.29 is 27.5 Å². The van der Waals surface area contributed by atoms with Gasteiger partial charge in [-0.05, 0) is 51.8 Å². The maximum absolute atomic E-state index is 13.2. The highest BCUT2D eigenvalue weighted by atomic mass is 32.2. The van der Waals surface area contributed by atoms with Gasteiger partial charge >= 0.3 is 6.09 Å². The van der Waals surface area contributed by atoms with Gasteiger partial charge in [0, 0.05) is 19.2 Å². The zero-order valence-electron chi connectivity index (χ0n) is 20.5. The van der Waals surface area contributed by atoms with Crippen LogP contribution in [0.1, 0.15) is 76.6 Å². The summed E-state index contributed by atoms with van der Waals surface area (Å²) in [7, 11) is -3.65. The van der Waals surface area contributed by atoms with Crippen molar-refractivity contribution in [2.75, 3.05) is 22.8 Å². The van der Waals surface area contributed by atoms with Crippen molar-refractivity contribution in [3.63, 3.8) is 0 Å². The van der Waals surface area contributed by atoms with Crippen LogP contribution in [0, 0.1) is 0 Å². The molecule has 0 atom stereocenters. The Balaban J connectivity index is 2.27. The second kappa shape index (κ2) is 11.1. The number of hydrogen-bond donors (Lipinski definition) is 4. The fourth-order valence-corrected chi connectivity index (χ4v) is 4.50. The highest BCUT2D eigenvalue weighted by Crippen LogP contribution is 2.28. The van der Waals surface area contributed by atoms with Crippen LogP contribution in [0.4, 0.5) is 16.2 Å². The molecule has 1 aromatic rings. The Morgan fingerprint density at radius 1 is 1.06 bits per heavy atom. The molecule has 1 saturated carbocycles. The first-order chi connectivity index (χ1) is 15.7. The van der Waals surface area contributed by atoms with Crippen molar-refractivity contribution in [2.24, 2.45) is 0 Å². The van der Waals surface area contributed by atoms with Crippen molar-refractivity contribution in [1.82, 2.24) is 10.6 Å². The number of nitrogens with one attached hydrogen (secondary N) is 4. The number of alkyl carbamates (subject to hydrolysis) is 1. The molecule has 1 aromatic carbocycles. The Hall–Kier alpha value is -2.82. The van der Waals surface area contributed by atoms with E-state index in [9.17, 15) is 22.8 Å². The third kappa shape index (κ3) is 9.20. The molecule has 11 heteroatoms. The molecule has 0 aromatic heterocycles. The quantitative estimate of drug-likeness (QED) is 0.426. The molecule has 1 aliphatic rings. The zero-order chi connectivity index (χ0) is 25.6. The molecule has 2 rings (SSSR count). The van der Waals surface area contributed by atoms with E-state index in [-0.39, 0.29) is 23.7 Å². The summed E-state index contributed by atoms with van der Waals surface area (Å²) >= 11 is 0. The number of rotatable bonds is 7. The molecule has 0 bridgehead atoms. The number of hydrogen-bond acceptors (Lipinski definition) is 6. The van der Waals surface area contributed by atoms with Crippen LogP contribution in [0.2, 0.25) is 0 Å². The van der Waals surface area contributed by atoms with Crippen LogP contribution in [0.5, 0.6) is 0 Å². The molecule has 10 nitrogen and oxygen atoms in total. The van der Waals surface area contributed by atoms with E-state index in [1.807, 2.05) is 0 Å². The first-order valence-corrected chi connectivity index (χ1v) is 13.3. The van der Waals surface area contributed by atoms with E-state index in [2.05, 4.69) is 20.7 Å². The Kier molecular flexibility index (Phi) is 8.93. The summed E-state index contributed by atoms with van der Waals surface area (Å²) in [6.07, 6.45) is 5.65. The minimum atomic E-state index is -3.65. The van der Waals surface area contributed by atoms with Gasteiger partial charge in [-0.25, -0.2) is 13.2 Å². The summed E-state index contributed by atoms with van der Waals surface area (Å²) in [5, 5.41) is 8.43. The fourth-order valence-electron chi connectivity index (χ4n) is 3.92. The molecule has 0 aliphatic heterocycles. The zero-order valence-corrected chi connectivity index (χ0v) is 21.4. The molecule has 0 saturated heterocycles. The van der Waals surface area contributed by atoms with Gasteiger partial charge in [-0.2, -0.15) is 0 Å². The lowest BCUT2D eigenvalue weighted by atomic mass is 9.90. The molecule has 190 valence electrons. The average molecular weight is 497 g/mol. The second-order valence-corrected chi connectivity index (χ2v) is 11.6. The lowest BCUT2D eigenvalue weighted by Gasteiger charge is -2.35. The topological polar surface area (TPSA) is 143 Å². The van der Waals surface area contributed by atoms with Crippen molar-refractivity contribution in [3.05, 3.63) is 23.8 Å². The molecule has 0 heterocycles. The number of anilines is 2. The van der Waals surface area contributed by atoms with Gasteiger partial charge in [0.25, 0.3) is 5.91 Å². The predicted molar refractivity (Wildman–Crippen MR) is 131 cm³/mol. The Labute approximate surface area is 201 Å². The molecular formula is C23H36N4O6S. The molecule has 0 radical (unpaired) electrons. The summed E-state index contributed by atoms with van der Waals surface area (Å²) in [6.45, 7) is 6.83. The second-order valence-electron chi connectivity index (χ2n) is 9.82. The van der Waals surface area contributed by atoms with Crippen LogP contribution in [0.25, 0.3) is 0 Å². The van der Waals surface area contributed by atoms with Gasteiger partial charge in [-0.3, -0.25) is 14.3 Å². The number of amides is 3. The third-order valence-electron chi connectivity index (χ3n) is 5.29. The van der Waals surface area contributed by atoms with E-state index < -0.39 is 33.2 Å². The minimum Gasteiger partial charge on any atom is -0.444 e. The number of carbonyl (C=O) groups is 3. The van der Waals surface area contributed by atoms with Gasteiger partial charge in [0.05, 0.1) is 23.0 Å². The van der Waals surface area contributed by atoms with E-state index in [1.54, 1.807) is 20.8 Å². The van der Waals surface area contributed by atoms with Crippen molar-refractivity contribution in [2.45, 2.75) is 77.4 Å². The Morgan fingerprint density at radius 3 is 2.21 bits per heavy atom. The van der Waals surface area contributed by atoms with Crippen LogP contribution in [0.3, 0.4) is 0 Å². The number of sulfonamides is 1. The van der Waals surface area contributed by atoms with Crippen LogP contribution in [-0.2, 0) is 19.6 Å². The highest BCUT2D eigenvalue weighted by molar-refractivity contribution is 7.92. The molecular weight excluding hydrogens is 460 g/mol. The first-order valence-electron chi connectivity index (χ1n) is 11.4. The Morgan fingerprint density at radius 2 is 1.68 bits per heavy atom. The smallest absolute Gasteiger partial charge is 0.408 e. The lowest BCUT2D eigenvalue weighted by molar-refractivity contribution is -0.114. The van der Waals surface area contributed by atoms with Gasteiger partial charge in [-0.15, -0.1) is 0 Å². The molecule has 1 aliphatic carbocycles. The van der Waals surface area contributed by atoms with Crippen LogP contribution in [-0.4, -0.2) is 50.3 Å². The lowest BCUT2D eigenvalue weighted by Crippen LogP contribution is -2.56. The predicted octanol–water partition coefficient (Wildman–Crippen LogP) is 3.36. The maximum atomic E-state index is 13.2. The minimum absolute atomic E-state index is 0.0534. The molecule has 3 amide bonds. The van der Waals surface area contributed by atoms with Crippen molar-refractivity contribution in [3.8, 4) is 0 Å². The van der Waals surface area contributed by atoms with Crippen molar-refractivity contribution in [1.29, 1.82) is 0 Å². The number of ether oxygens (including phenoxy) is 1. The van der Waals surface area contributed by atoms with Crippen LogP contribution >= 0.6 is 0 Å². The summed E-state index contributed by atoms with van der Waals surface area (Å²) in [5.41, 5.74) is -0.848. The monoisotopic (exact) mass is 496 g/mol. The average Bonchev–Trinajstić information content (AvgIpc) is 2.90. The normalized spacial score (nSPS) is 16.0. The van der Waals surface area contributed by atoms with Crippen LogP contribution in [0.15, 0.2) is 18.2 Å². The van der Waals surface area contributed by atoms with Gasteiger partial charge < -0.3 is 20.7 Å². The molecule has 0 spiro atoms. The fraction of sp³-hybridized carbons (Fsp3) is 0.609. The molecule has 0 unspecified atom stereocenters. The summed E-state index contributed by atoms with van der Waals surface area (Å²) in [4.78, 5) is 37.2. The summed E-state index contributed by atoms with van der Waals surface area (Å²) in [6, 6.07) is 4.33. The standard InChI is InChI=1S/C23H36N4O6S/c1-16(28)25-17-10-11-19(27-34(5,31)32)18(14-17)20(29)24-15-23(12-8-6-7-9-13-23)26-21(30)33-22(2,3)4/h10-11,14,27H,6-9,12-13,15H2,1-5H3,(H,24,29)(H,25,28)(H,26,30).